The maximum Gasteiger partial charge on any atom is 0.378 e. The van der Waals surface area contributed by atoms with Gasteiger partial charge in [-0.15, -0.1) is 0 Å². The van der Waals surface area contributed by atoms with Gasteiger partial charge in [-0.05, 0) is 26.0 Å². The maximum absolute atomic E-state index is 11.5. The molecule has 0 radical (unpaired) electrons. The van der Waals surface area contributed by atoms with Gasteiger partial charge in [0.2, 0.25) is 0 Å². The topological polar surface area (TPSA) is 82.1 Å². The van der Waals surface area contributed by atoms with Crippen molar-refractivity contribution in [1.82, 2.24) is 0 Å². The molecule has 0 aromatic heterocycles. The summed E-state index contributed by atoms with van der Waals surface area (Å²) >= 11 is 0. The highest BCUT2D eigenvalue weighted by Gasteiger charge is 2.18. The number of hydrogen-bond donors (Lipinski definition) is 1. The van der Waals surface area contributed by atoms with E-state index in [1.807, 2.05) is 0 Å². The van der Waals surface area contributed by atoms with Crippen molar-refractivity contribution in [3.8, 4) is 11.5 Å². The molecular weight excluding hydrogens is 276 g/mol. The van der Waals surface area contributed by atoms with Gasteiger partial charge in [0.15, 0.2) is 0 Å². The molecule has 0 spiro atoms. The van der Waals surface area contributed by atoms with Crippen LogP contribution < -0.4 is 9.47 Å². The molecular formula is C15H18O6. The van der Waals surface area contributed by atoms with E-state index in [2.05, 4.69) is 4.74 Å². The molecule has 0 saturated carbocycles. The Morgan fingerprint density at radius 3 is 2.10 bits per heavy atom. The average Bonchev–Trinajstić information content (AvgIpc) is 2.47. The Bertz CT molecular complexity index is 523. The van der Waals surface area contributed by atoms with Crippen molar-refractivity contribution < 1.29 is 28.9 Å². The second-order valence-electron chi connectivity index (χ2n) is 3.88. The highest BCUT2D eigenvalue weighted by molar-refractivity contribution is 6.39. The van der Waals surface area contributed by atoms with E-state index < -0.39 is 17.5 Å². The number of methoxy groups -OCH3 is 1. The molecule has 0 heterocycles. The van der Waals surface area contributed by atoms with Gasteiger partial charge in [0.25, 0.3) is 5.78 Å². The molecule has 21 heavy (non-hydrogen) atoms. The van der Waals surface area contributed by atoms with Crippen LogP contribution >= 0.6 is 0 Å². The van der Waals surface area contributed by atoms with Gasteiger partial charge in [0.05, 0.1) is 20.3 Å². The second-order valence-corrected chi connectivity index (χ2v) is 3.88. The molecule has 6 heteroatoms. The van der Waals surface area contributed by atoms with Gasteiger partial charge in [0.1, 0.15) is 22.8 Å². The van der Waals surface area contributed by atoms with Crippen molar-refractivity contribution in [2.24, 2.45) is 0 Å². The molecule has 0 aliphatic heterocycles. The second kappa shape index (κ2) is 7.94. The lowest BCUT2D eigenvalue weighted by molar-refractivity contribution is -0.149. The van der Waals surface area contributed by atoms with E-state index in [0.29, 0.717) is 24.7 Å². The van der Waals surface area contributed by atoms with Crippen LogP contribution in [-0.4, -0.2) is 37.2 Å². The minimum atomic E-state index is -1.06. The average molecular weight is 294 g/mol. The summed E-state index contributed by atoms with van der Waals surface area (Å²) < 4.78 is 15.1. The lowest BCUT2D eigenvalue weighted by atomic mass is 10.1. The number of carbonyl (C=O) groups is 2. The van der Waals surface area contributed by atoms with Gasteiger partial charge in [-0.25, -0.2) is 4.79 Å². The summed E-state index contributed by atoms with van der Waals surface area (Å²) in [6.45, 7) is 4.33. The fourth-order valence-electron chi connectivity index (χ4n) is 1.67. The lowest BCUT2D eigenvalue weighted by Gasteiger charge is -2.14. The highest BCUT2D eigenvalue weighted by atomic mass is 16.5. The van der Waals surface area contributed by atoms with Crippen LogP contribution in [-0.2, 0) is 14.3 Å². The summed E-state index contributed by atoms with van der Waals surface area (Å²) in [5.74, 6) is -1.74. The summed E-state index contributed by atoms with van der Waals surface area (Å²) in [7, 11) is 1.09. The normalized spacial score (nSPS) is 10.9. The molecule has 1 aromatic carbocycles. The SMILES string of the molecule is CCOc1cccc(OCC)c1C(O)=CC(=O)C(=O)OC. The first-order valence-electron chi connectivity index (χ1n) is 6.47. The Labute approximate surface area is 122 Å². The van der Waals surface area contributed by atoms with Crippen molar-refractivity contribution in [1.29, 1.82) is 0 Å². The first-order chi connectivity index (χ1) is 10.0. The highest BCUT2D eigenvalue weighted by Crippen LogP contribution is 2.33. The zero-order chi connectivity index (χ0) is 15.8. The van der Waals surface area contributed by atoms with Crippen LogP contribution in [0.4, 0.5) is 0 Å². The monoisotopic (exact) mass is 294 g/mol. The predicted molar refractivity (Wildman–Crippen MR) is 76.4 cm³/mol. The largest absolute Gasteiger partial charge is 0.507 e. The van der Waals surface area contributed by atoms with E-state index in [0.717, 1.165) is 13.2 Å². The van der Waals surface area contributed by atoms with Crippen LogP contribution in [0.15, 0.2) is 24.3 Å². The van der Waals surface area contributed by atoms with Gasteiger partial charge >= 0.3 is 5.97 Å². The van der Waals surface area contributed by atoms with Gasteiger partial charge in [-0.2, -0.15) is 0 Å². The minimum absolute atomic E-state index is 0.221. The van der Waals surface area contributed by atoms with E-state index in [9.17, 15) is 14.7 Å². The van der Waals surface area contributed by atoms with Gasteiger partial charge in [-0.3, -0.25) is 4.79 Å². The quantitative estimate of drug-likeness (QED) is 0.359. The van der Waals surface area contributed by atoms with Crippen molar-refractivity contribution in [2.75, 3.05) is 20.3 Å². The molecule has 0 aliphatic carbocycles. The van der Waals surface area contributed by atoms with Crippen LogP contribution in [0.3, 0.4) is 0 Å². The number of carbonyl (C=O) groups excluding carboxylic acids is 2. The van der Waals surface area contributed by atoms with Crippen molar-refractivity contribution in [2.45, 2.75) is 13.8 Å². The molecule has 0 bridgehead atoms. The maximum atomic E-state index is 11.5. The van der Waals surface area contributed by atoms with Crippen LogP contribution in [0.5, 0.6) is 11.5 Å². The Morgan fingerprint density at radius 1 is 1.14 bits per heavy atom. The zero-order valence-electron chi connectivity index (χ0n) is 12.2. The number of esters is 1. The standard InChI is InChI=1S/C15H18O6/c1-4-20-12-7-6-8-13(21-5-2)14(12)10(16)9-11(17)15(18)19-3/h6-9,16H,4-5H2,1-3H3. The van der Waals surface area contributed by atoms with Gasteiger partial charge < -0.3 is 19.3 Å². The van der Waals surface area contributed by atoms with Gasteiger partial charge in [-0.1, -0.05) is 6.07 Å². The Balaban J connectivity index is 3.27. The predicted octanol–water partition coefficient (Wildman–Crippen LogP) is 2.12. The fraction of sp³-hybridized carbons (Fsp3) is 0.333. The number of ketones is 1. The van der Waals surface area contributed by atoms with Crippen molar-refractivity contribution in [3.63, 3.8) is 0 Å². The van der Waals surface area contributed by atoms with Crippen LogP contribution in [0.25, 0.3) is 5.76 Å². The Hall–Kier alpha value is -2.50. The molecule has 1 aromatic rings. The molecule has 114 valence electrons. The van der Waals surface area contributed by atoms with Crippen LogP contribution in [0.2, 0.25) is 0 Å². The molecule has 1 N–H and O–H groups in total. The van der Waals surface area contributed by atoms with E-state index in [1.54, 1.807) is 32.0 Å². The summed E-state index contributed by atoms with van der Waals surface area (Å²) in [6, 6.07) is 4.97. The molecule has 0 aliphatic rings. The minimum Gasteiger partial charge on any atom is -0.507 e. The number of aliphatic hydroxyl groups excluding tert-OH is 1. The van der Waals surface area contributed by atoms with Crippen molar-refractivity contribution in [3.05, 3.63) is 29.8 Å². The first-order valence-corrected chi connectivity index (χ1v) is 6.47. The van der Waals surface area contributed by atoms with E-state index in [4.69, 9.17) is 9.47 Å². The summed E-state index contributed by atoms with van der Waals surface area (Å²) in [5, 5.41) is 10.1. The van der Waals surface area contributed by atoms with E-state index >= 15 is 0 Å². The summed E-state index contributed by atoms with van der Waals surface area (Å²) in [6.07, 6.45) is 0.784. The van der Waals surface area contributed by atoms with E-state index in [-0.39, 0.29) is 5.56 Å². The molecule has 0 saturated heterocycles. The van der Waals surface area contributed by atoms with Crippen molar-refractivity contribution >= 4 is 17.5 Å². The zero-order valence-corrected chi connectivity index (χ0v) is 12.2. The third-order valence-corrected chi connectivity index (χ3v) is 2.50. The first kappa shape index (κ1) is 16.6. The molecule has 0 atom stereocenters. The van der Waals surface area contributed by atoms with Crippen LogP contribution in [0.1, 0.15) is 19.4 Å². The fourth-order valence-corrected chi connectivity index (χ4v) is 1.67. The summed E-state index contributed by atoms with van der Waals surface area (Å²) in [5.41, 5.74) is 0.221. The van der Waals surface area contributed by atoms with Crippen LogP contribution in [0, 0.1) is 0 Å². The number of hydrogen-bond acceptors (Lipinski definition) is 6. The number of aliphatic hydroxyl groups is 1. The molecule has 0 amide bonds. The molecule has 0 fully saturated rings. The smallest absolute Gasteiger partial charge is 0.378 e. The lowest BCUT2D eigenvalue weighted by Crippen LogP contribution is -2.13. The van der Waals surface area contributed by atoms with E-state index in [1.165, 1.54) is 0 Å². The molecule has 6 nitrogen and oxygen atoms in total. The number of benzene rings is 1. The number of rotatable bonds is 7. The molecule has 0 unspecified atom stereocenters. The number of ether oxygens (including phenoxy) is 3. The van der Waals surface area contributed by atoms with Gasteiger partial charge in [0, 0.05) is 6.08 Å². The summed E-state index contributed by atoms with van der Waals surface area (Å²) in [4.78, 5) is 22.6. The Morgan fingerprint density at radius 2 is 1.67 bits per heavy atom. The third-order valence-electron chi connectivity index (χ3n) is 2.50. The third kappa shape index (κ3) is 4.24. The molecule has 1 rings (SSSR count). The Kier molecular flexibility index (Phi) is 6.26.